The number of halogens is 2. The maximum absolute atomic E-state index is 10.3. The van der Waals surface area contributed by atoms with E-state index in [0.29, 0.717) is 19.4 Å². The van der Waals surface area contributed by atoms with Crippen LogP contribution < -0.4 is 0 Å². The summed E-state index contributed by atoms with van der Waals surface area (Å²) >= 11 is 11.7. The zero-order valence-electron chi connectivity index (χ0n) is 8.26. The third-order valence-corrected chi connectivity index (χ3v) is 2.99. The monoisotopic (exact) mass is 240 g/mol. The third kappa shape index (κ3) is 2.60. The summed E-state index contributed by atoms with van der Waals surface area (Å²) in [6, 6.07) is 0. The molecule has 0 amide bonds. The Morgan fingerprint density at radius 1 is 1.50 bits per heavy atom. The molecule has 0 aromatic rings. The number of carbonyl (C=O) groups excluding carboxylic acids is 1. The van der Waals surface area contributed by atoms with Gasteiger partial charge in [-0.05, 0) is 20.3 Å². The second-order valence-corrected chi connectivity index (χ2v) is 4.96. The van der Waals surface area contributed by atoms with Gasteiger partial charge in [-0.25, -0.2) is 0 Å². The minimum atomic E-state index is -0.743. The lowest BCUT2D eigenvalue weighted by Gasteiger charge is -2.29. The molecule has 0 radical (unpaired) electrons. The van der Waals surface area contributed by atoms with Gasteiger partial charge in [0.25, 0.3) is 0 Å². The van der Waals surface area contributed by atoms with Crippen molar-refractivity contribution in [3.63, 3.8) is 0 Å². The van der Waals surface area contributed by atoms with E-state index in [2.05, 4.69) is 0 Å². The molecule has 0 spiro atoms. The quantitative estimate of drug-likeness (QED) is 0.559. The fourth-order valence-corrected chi connectivity index (χ4v) is 1.92. The number of hydrogen-bond acceptors (Lipinski definition) is 3. The van der Waals surface area contributed by atoms with Gasteiger partial charge in [-0.15, -0.1) is 23.2 Å². The van der Waals surface area contributed by atoms with Crippen molar-refractivity contribution >= 4 is 29.5 Å². The van der Waals surface area contributed by atoms with Gasteiger partial charge >= 0.3 is 0 Å². The normalized spacial score (nSPS) is 30.9. The first-order valence-corrected chi connectivity index (χ1v) is 5.35. The van der Waals surface area contributed by atoms with Crippen molar-refractivity contribution in [2.75, 3.05) is 6.61 Å². The number of rotatable bonds is 4. The molecule has 0 aliphatic carbocycles. The number of aldehydes is 1. The summed E-state index contributed by atoms with van der Waals surface area (Å²) in [5, 5.41) is 0. The lowest BCUT2D eigenvalue weighted by molar-refractivity contribution is -0.160. The highest BCUT2D eigenvalue weighted by molar-refractivity contribution is 6.45. The highest BCUT2D eigenvalue weighted by Crippen LogP contribution is 2.40. The topological polar surface area (TPSA) is 35.5 Å². The summed E-state index contributed by atoms with van der Waals surface area (Å²) in [4.78, 5) is 9.61. The second-order valence-electron chi connectivity index (χ2n) is 3.86. The zero-order chi connectivity index (χ0) is 10.8. The summed E-state index contributed by atoms with van der Waals surface area (Å²) in [6.07, 6.45) is 1.68. The van der Waals surface area contributed by atoms with Gasteiger partial charge in [-0.2, -0.15) is 0 Å². The van der Waals surface area contributed by atoms with Crippen LogP contribution in [0.15, 0.2) is 0 Å². The first-order chi connectivity index (χ1) is 6.42. The molecule has 1 heterocycles. The Morgan fingerprint density at radius 2 is 2.14 bits per heavy atom. The molecule has 1 saturated heterocycles. The summed E-state index contributed by atoms with van der Waals surface area (Å²) in [5.74, 6) is -0.676. The SMILES string of the molecule is CC1(C)OC[C@@](CCC=O)(C(Cl)Cl)O1. The molecule has 14 heavy (non-hydrogen) atoms. The zero-order valence-corrected chi connectivity index (χ0v) is 9.77. The average Bonchev–Trinajstić information content (AvgIpc) is 2.40. The Balaban J connectivity index is 2.70. The molecule has 82 valence electrons. The fourth-order valence-electron chi connectivity index (χ4n) is 1.49. The average molecular weight is 241 g/mol. The second kappa shape index (κ2) is 4.35. The van der Waals surface area contributed by atoms with Crippen molar-refractivity contribution in [2.45, 2.75) is 42.9 Å². The van der Waals surface area contributed by atoms with Gasteiger partial charge in [0.2, 0.25) is 0 Å². The maximum atomic E-state index is 10.3. The molecule has 0 saturated carbocycles. The molecule has 5 heteroatoms. The molecular weight excluding hydrogens is 227 g/mol. The van der Waals surface area contributed by atoms with Crippen LogP contribution >= 0.6 is 23.2 Å². The fraction of sp³-hybridized carbons (Fsp3) is 0.889. The van der Waals surface area contributed by atoms with Crippen LogP contribution in [0.3, 0.4) is 0 Å². The molecule has 1 aliphatic rings. The first kappa shape index (κ1) is 12.2. The molecule has 0 unspecified atom stereocenters. The summed E-state index contributed by atoms with van der Waals surface area (Å²) < 4.78 is 11.1. The van der Waals surface area contributed by atoms with Crippen molar-refractivity contribution < 1.29 is 14.3 Å². The molecule has 1 aliphatic heterocycles. The van der Waals surface area contributed by atoms with Crippen LogP contribution in [0.2, 0.25) is 0 Å². The standard InChI is InChI=1S/C9H14Cl2O3/c1-8(2)13-6-9(14-8,7(10)11)4-3-5-12/h5,7H,3-4,6H2,1-2H3/t9-/m0/s1. The molecule has 0 aromatic heterocycles. The number of ether oxygens (including phenoxy) is 2. The van der Waals surface area contributed by atoms with E-state index in [9.17, 15) is 4.79 Å². The van der Waals surface area contributed by atoms with Crippen LogP contribution in [0.25, 0.3) is 0 Å². The van der Waals surface area contributed by atoms with Crippen LogP contribution in [0.1, 0.15) is 26.7 Å². The molecule has 0 bridgehead atoms. The van der Waals surface area contributed by atoms with Gasteiger partial charge in [0.1, 0.15) is 16.7 Å². The van der Waals surface area contributed by atoms with E-state index in [1.54, 1.807) is 13.8 Å². The molecule has 3 nitrogen and oxygen atoms in total. The molecule has 0 aromatic carbocycles. The highest BCUT2D eigenvalue weighted by Gasteiger charge is 2.49. The molecule has 1 rings (SSSR count). The summed E-state index contributed by atoms with van der Waals surface area (Å²) in [7, 11) is 0. The maximum Gasteiger partial charge on any atom is 0.163 e. The van der Waals surface area contributed by atoms with E-state index >= 15 is 0 Å². The first-order valence-electron chi connectivity index (χ1n) is 4.48. The van der Waals surface area contributed by atoms with Gasteiger partial charge in [0, 0.05) is 6.42 Å². The van der Waals surface area contributed by atoms with Crippen LogP contribution in [0, 0.1) is 0 Å². The largest absolute Gasteiger partial charge is 0.347 e. The molecule has 1 fully saturated rings. The number of hydrogen-bond donors (Lipinski definition) is 0. The lowest BCUT2D eigenvalue weighted by atomic mass is 10.0. The van der Waals surface area contributed by atoms with Crippen LogP contribution in [-0.2, 0) is 14.3 Å². The number of alkyl halides is 2. The Hall–Kier alpha value is 0.170. The van der Waals surface area contributed by atoms with Crippen molar-refractivity contribution in [1.82, 2.24) is 0 Å². The van der Waals surface area contributed by atoms with Crippen LogP contribution in [0.5, 0.6) is 0 Å². The highest BCUT2D eigenvalue weighted by atomic mass is 35.5. The Morgan fingerprint density at radius 3 is 2.50 bits per heavy atom. The van der Waals surface area contributed by atoms with E-state index in [1.165, 1.54) is 0 Å². The van der Waals surface area contributed by atoms with Gasteiger partial charge in [-0.1, -0.05) is 0 Å². The predicted octanol–water partition coefficient (Wildman–Crippen LogP) is 2.29. The smallest absolute Gasteiger partial charge is 0.163 e. The van der Waals surface area contributed by atoms with Crippen molar-refractivity contribution in [2.24, 2.45) is 0 Å². The van der Waals surface area contributed by atoms with Crippen molar-refractivity contribution in [3.05, 3.63) is 0 Å². The van der Waals surface area contributed by atoms with E-state index in [0.717, 1.165) is 6.29 Å². The Labute approximate surface area is 93.6 Å². The lowest BCUT2D eigenvalue weighted by Crippen LogP contribution is -2.40. The molecular formula is C9H14Cl2O3. The predicted molar refractivity (Wildman–Crippen MR) is 54.6 cm³/mol. The minimum Gasteiger partial charge on any atom is -0.347 e. The van der Waals surface area contributed by atoms with Crippen LogP contribution in [0.4, 0.5) is 0 Å². The molecule has 0 N–H and O–H groups in total. The van der Waals surface area contributed by atoms with Gasteiger partial charge in [0.05, 0.1) is 6.61 Å². The van der Waals surface area contributed by atoms with E-state index in [1.807, 2.05) is 0 Å². The van der Waals surface area contributed by atoms with Gasteiger partial charge < -0.3 is 14.3 Å². The van der Waals surface area contributed by atoms with E-state index < -0.39 is 16.2 Å². The van der Waals surface area contributed by atoms with Crippen molar-refractivity contribution in [3.8, 4) is 0 Å². The van der Waals surface area contributed by atoms with Gasteiger partial charge in [-0.3, -0.25) is 0 Å². The van der Waals surface area contributed by atoms with Gasteiger partial charge in [0.15, 0.2) is 5.79 Å². The summed E-state index contributed by atoms with van der Waals surface area (Å²) in [6.45, 7) is 3.92. The Bertz CT molecular complexity index is 218. The van der Waals surface area contributed by atoms with E-state index in [-0.39, 0.29) is 0 Å². The Kier molecular flexibility index (Phi) is 3.81. The number of carbonyl (C=O) groups is 1. The van der Waals surface area contributed by atoms with Crippen LogP contribution in [-0.4, -0.2) is 29.1 Å². The minimum absolute atomic E-state index is 0.325. The van der Waals surface area contributed by atoms with E-state index in [4.69, 9.17) is 32.7 Å². The summed E-state index contributed by atoms with van der Waals surface area (Å²) in [5.41, 5.74) is -0.743. The molecule has 1 atom stereocenters. The third-order valence-electron chi connectivity index (χ3n) is 2.20. The van der Waals surface area contributed by atoms with Crippen molar-refractivity contribution in [1.29, 1.82) is 0 Å².